The quantitative estimate of drug-likeness (QED) is 0.0267. The zero-order valence-electron chi connectivity index (χ0n) is 35.3. The highest BCUT2D eigenvalue weighted by atomic mass is 31.2. The van der Waals surface area contributed by atoms with Crippen LogP contribution in [0.3, 0.4) is 0 Å². The molecule has 1 aromatic heterocycles. The van der Waals surface area contributed by atoms with E-state index in [0.29, 0.717) is 24.1 Å². The van der Waals surface area contributed by atoms with Crippen LogP contribution in [0.5, 0.6) is 5.75 Å². The average Bonchev–Trinajstić information content (AvgIpc) is 3.66. The number of cyclic esters (lactones) is 1. The SMILES string of the molecule is CC1c2ccccc2Cn2cc3c(c21)C(=O)c1cccc(OP(=O)(O)OCc2ccccc2)c1C3=O.C[C@@](O)(/C=C/[C@@H]1CC=CC(=O)O1)[C@@H](C[C@@H](O)\C=C/C=C\C=C\CO)OP(=O)(O)O. The fraction of sp³-hybridized carbons (Fsp3) is 0.255. The zero-order valence-corrected chi connectivity index (χ0v) is 37.1. The van der Waals surface area contributed by atoms with Gasteiger partial charge in [-0.25, -0.2) is 13.9 Å². The maximum absolute atomic E-state index is 13.7. The van der Waals surface area contributed by atoms with E-state index in [1.54, 1.807) is 60.8 Å². The molecule has 2 unspecified atom stereocenters. The summed E-state index contributed by atoms with van der Waals surface area (Å²) in [5.41, 5.74) is 2.68. The molecule has 2 aliphatic heterocycles. The van der Waals surface area contributed by atoms with Gasteiger partial charge in [0, 0.05) is 48.8 Å². The Balaban J connectivity index is 0.000000222. The van der Waals surface area contributed by atoms with Crippen LogP contribution < -0.4 is 4.52 Å². The molecule has 0 saturated carbocycles. The Kier molecular flexibility index (Phi) is 15.9. The number of ether oxygens (including phenoxy) is 1. The molecule has 65 heavy (non-hydrogen) atoms. The van der Waals surface area contributed by atoms with Crippen molar-refractivity contribution >= 4 is 33.2 Å². The number of carbonyl (C=O) groups excluding carboxylic acids is 3. The monoisotopic (exact) mass is 929 g/mol. The second-order valence-electron chi connectivity index (χ2n) is 15.5. The lowest BCUT2D eigenvalue weighted by atomic mass is 9.81. The Morgan fingerprint density at radius 3 is 2.34 bits per heavy atom. The van der Waals surface area contributed by atoms with Gasteiger partial charge in [0.25, 0.3) is 0 Å². The zero-order chi connectivity index (χ0) is 46.9. The molecule has 0 amide bonds. The van der Waals surface area contributed by atoms with E-state index in [4.69, 9.17) is 28.7 Å². The number of allylic oxidation sites excluding steroid dienone is 4. The van der Waals surface area contributed by atoms with Crippen molar-refractivity contribution in [3.05, 3.63) is 184 Å². The van der Waals surface area contributed by atoms with E-state index in [-0.39, 0.29) is 53.8 Å². The van der Waals surface area contributed by atoms with E-state index < -0.39 is 51.3 Å². The van der Waals surface area contributed by atoms with Crippen LogP contribution in [0.4, 0.5) is 0 Å². The first kappa shape index (κ1) is 48.8. The fourth-order valence-corrected chi connectivity index (χ4v) is 8.96. The number of carbonyl (C=O) groups is 3. The molecule has 4 aromatic rings. The molecule has 0 saturated heterocycles. The van der Waals surface area contributed by atoms with Gasteiger partial charge in [-0.05, 0) is 35.8 Å². The molecule has 3 aliphatic rings. The van der Waals surface area contributed by atoms with Crippen molar-refractivity contribution in [1.82, 2.24) is 4.57 Å². The summed E-state index contributed by atoms with van der Waals surface area (Å²) in [6.07, 6.45) is 13.2. The number of benzene rings is 3. The van der Waals surface area contributed by atoms with Crippen LogP contribution in [0.1, 0.15) is 86.8 Å². The lowest BCUT2D eigenvalue weighted by Gasteiger charge is -2.31. The van der Waals surface area contributed by atoms with Crippen molar-refractivity contribution in [2.45, 2.75) is 69.7 Å². The average molecular weight is 930 g/mol. The van der Waals surface area contributed by atoms with Gasteiger partial charge in [0.2, 0.25) is 0 Å². The highest BCUT2D eigenvalue weighted by Gasteiger charge is 2.41. The molecule has 1 aliphatic carbocycles. The number of nitrogens with zero attached hydrogens (tertiary/aromatic N) is 1. The number of aromatic nitrogens is 1. The Hall–Kier alpha value is -5.61. The van der Waals surface area contributed by atoms with Gasteiger partial charge in [0.15, 0.2) is 11.6 Å². The summed E-state index contributed by atoms with van der Waals surface area (Å²) in [6.45, 7) is 3.61. The van der Waals surface area contributed by atoms with E-state index in [1.165, 1.54) is 55.5 Å². The molecule has 6 atom stereocenters. The number of hydrogen-bond donors (Lipinski definition) is 6. The minimum absolute atomic E-state index is 0.0271. The second-order valence-corrected chi connectivity index (χ2v) is 18.0. The third kappa shape index (κ3) is 12.6. The first-order valence-electron chi connectivity index (χ1n) is 20.4. The number of esters is 1. The van der Waals surface area contributed by atoms with Gasteiger partial charge in [-0.2, -0.15) is 0 Å². The molecular formula is C47H49NO15P2. The van der Waals surface area contributed by atoms with Crippen LogP contribution >= 0.6 is 15.6 Å². The molecule has 7 rings (SSSR count). The van der Waals surface area contributed by atoms with Crippen LogP contribution in [0.15, 0.2) is 140 Å². The summed E-state index contributed by atoms with van der Waals surface area (Å²) in [5, 5.41) is 29.4. The number of phosphoric ester groups is 2. The smallest absolute Gasteiger partial charge is 0.455 e. The normalized spacial score (nSPS) is 19.7. The van der Waals surface area contributed by atoms with Gasteiger partial charge in [-0.15, -0.1) is 0 Å². The predicted octanol–water partition coefficient (Wildman–Crippen LogP) is 6.53. The number of phosphoric acid groups is 2. The summed E-state index contributed by atoms with van der Waals surface area (Å²) in [5.74, 6) is -1.48. The number of ketones is 2. The maximum Gasteiger partial charge on any atom is 0.527 e. The van der Waals surface area contributed by atoms with Crippen molar-refractivity contribution in [3.63, 3.8) is 0 Å². The van der Waals surface area contributed by atoms with Crippen molar-refractivity contribution < 1.29 is 71.8 Å². The third-order valence-electron chi connectivity index (χ3n) is 10.6. The van der Waals surface area contributed by atoms with Gasteiger partial charge in [0.1, 0.15) is 23.6 Å². The maximum atomic E-state index is 13.7. The molecule has 18 heteroatoms. The predicted molar refractivity (Wildman–Crippen MR) is 238 cm³/mol. The topological polar surface area (TPSA) is 249 Å². The number of aliphatic hydroxyl groups excluding tert-OH is 2. The van der Waals surface area contributed by atoms with E-state index in [2.05, 4.69) is 4.52 Å². The second kappa shape index (κ2) is 21.1. The van der Waals surface area contributed by atoms with Crippen LogP contribution in [0.25, 0.3) is 0 Å². The van der Waals surface area contributed by atoms with Gasteiger partial charge < -0.3 is 38.9 Å². The molecule has 16 nitrogen and oxygen atoms in total. The summed E-state index contributed by atoms with van der Waals surface area (Å²) >= 11 is 0. The molecule has 0 radical (unpaired) electrons. The third-order valence-corrected chi connectivity index (χ3v) is 12.0. The molecule has 6 N–H and O–H groups in total. The lowest BCUT2D eigenvalue weighted by molar-refractivity contribution is -0.141. The molecular weight excluding hydrogens is 880 g/mol. The van der Waals surface area contributed by atoms with Gasteiger partial charge in [0.05, 0.1) is 36.0 Å². The minimum Gasteiger partial charge on any atom is -0.455 e. The van der Waals surface area contributed by atoms with Crippen LogP contribution in [-0.2, 0) is 40.9 Å². The Labute approximate surface area is 374 Å². The van der Waals surface area contributed by atoms with E-state index in [9.17, 15) is 38.6 Å². The largest absolute Gasteiger partial charge is 0.527 e. The minimum atomic E-state index is -4.96. The Morgan fingerprint density at radius 1 is 0.908 bits per heavy atom. The molecule has 0 fully saturated rings. The van der Waals surface area contributed by atoms with Crippen LogP contribution in [-0.4, -0.2) is 82.6 Å². The Bertz CT molecular complexity index is 2640. The van der Waals surface area contributed by atoms with Crippen molar-refractivity contribution in [3.8, 4) is 5.75 Å². The first-order valence-corrected chi connectivity index (χ1v) is 23.5. The van der Waals surface area contributed by atoms with Gasteiger partial charge in [-0.1, -0.05) is 122 Å². The Morgan fingerprint density at radius 2 is 1.62 bits per heavy atom. The molecule has 0 spiro atoms. The van der Waals surface area contributed by atoms with E-state index >= 15 is 0 Å². The summed E-state index contributed by atoms with van der Waals surface area (Å²) in [4.78, 5) is 67.3. The summed E-state index contributed by atoms with van der Waals surface area (Å²) < 4.78 is 46.2. The van der Waals surface area contributed by atoms with Crippen molar-refractivity contribution in [1.29, 1.82) is 0 Å². The van der Waals surface area contributed by atoms with E-state index in [1.807, 2.05) is 41.8 Å². The fourth-order valence-electron chi connectivity index (χ4n) is 7.57. The standard InChI is InChI=1S/C28H22NO6P.C19H27O9P/c1-17-20-11-6-5-10-19(20)14-29-15-22-25(26(17)29)27(30)21-12-7-13-23(24(21)28(22)31)35-36(32,33)34-16-18-8-3-2-4-9-18;1-19(23,12-11-16-9-7-10-18(22)27-16)17(28-29(24,25)26)14-15(21)8-5-3-2-4-6-13-20/h2-13,15,17H,14,16H2,1H3,(H,32,33);2-8,10-12,15-17,20-21,23H,9,13-14H2,1H3,(H2,24,25,26)/b;3-2-,6-4+,8-5-,12-11+/t;15-,16-,17+,19+/m.0/s1. The summed E-state index contributed by atoms with van der Waals surface area (Å²) in [7, 11) is -9.54. The lowest BCUT2D eigenvalue weighted by Crippen LogP contribution is -2.41. The van der Waals surface area contributed by atoms with Gasteiger partial charge in [-0.3, -0.25) is 23.5 Å². The number of hydrogen-bond acceptors (Lipinski definition) is 12. The molecule has 3 heterocycles. The highest BCUT2D eigenvalue weighted by Crippen LogP contribution is 2.48. The van der Waals surface area contributed by atoms with Crippen molar-refractivity contribution in [2.24, 2.45) is 0 Å². The van der Waals surface area contributed by atoms with Gasteiger partial charge >= 0.3 is 21.6 Å². The van der Waals surface area contributed by atoms with E-state index in [0.717, 1.165) is 16.8 Å². The number of fused-ring (bicyclic) bond motifs is 5. The molecule has 3 aromatic carbocycles. The summed E-state index contributed by atoms with van der Waals surface area (Å²) in [6, 6.07) is 21.4. The molecule has 0 bridgehead atoms. The van der Waals surface area contributed by atoms with Crippen LogP contribution in [0.2, 0.25) is 0 Å². The highest BCUT2D eigenvalue weighted by molar-refractivity contribution is 7.47. The van der Waals surface area contributed by atoms with Crippen molar-refractivity contribution in [2.75, 3.05) is 6.61 Å². The number of aliphatic hydroxyl groups is 3. The number of rotatable bonds is 16. The van der Waals surface area contributed by atoms with Crippen LogP contribution in [0, 0.1) is 0 Å². The first-order chi connectivity index (χ1) is 30.9. The molecule has 342 valence electrons.